The molecular weight excluding hydrogens is 432 g/mol. The molecule has 0 radical (unpaired) electrons. The highest BCUT2D eigenvalue weighted by atomic mass is 16.3. The van der Waals surface area contributed by atoms with Crippen molar-refractivity contribution < 1.29 is 19.5 Å². The van der Waals surface area contributed by atoms with Gasteiger partial charge >= 0.3 is 0 Å². The van der Waals surface area contributed by atoms with E-state index in [1.165, 1.54) is 0 Å². The van der Waals surface area contributed by atoms with E-state index >= 15 is 0 Å². The Kier molecular flexibility index (Phi) is 4.97. The standard InChI is InChI=1S/C26H28N4O4/c31-22-18(14-16-8-2-1-3-9-16)27-23(32)19(28-22)15-26(34)17-10-4-5-11-20(17)30-24(33)21-12-6-7-13-29(21)25(26)30/h1-5,8-11,18-19,21,25,34H,6-7,12-15H2,(H,27,32)(H,28,31). The molecule has 8 heteroatoms. The van der Waals surface area contributed by atoms with Gasteiger partial charge in [0.15, 0.2) is 0 Å². The first-order valence-electron chi connectivity index (χ1n) is 12.0. The maximum absolute atomic E-state index is 13.3. The minimum atomic E-state index is -1.47. The van der Waals surface area contributed by atoms with Crippen molar-refractivity contribution >= 4 is 23.4 Å². The number of piperidine rings is 1. The molecule has 6 rings (SSSR count). The summed E-state index contributed by atoms with van der Waals surface area (Å²) in [6.45, 7) is 0.718. The number of piperazine rings is 1. The third kappa shape index (κ3) is 3.16. The number of fused-ring (bicyclic) bond motifs is 5. The molecule has 3 N–H and O–H groups in total. The van der Waals surface area contributed by atoms with Gasteiger partial charge in [-0.25, -0.2) is 0 Å². The molecule has 8 nitrogen and oxygen atoms in total. The second-order valence-electron chi connectivity index (χ2n) is 9.79. The van der Waals surface area contributed by atoms with Crippen LogP contribution >= 0.6 is 0 Å². The molecule has 0 aromatic heterocycles. The fourth-order valence-electron chi connectivity index (χ4n) is 6.21. The van der Waals surface area contributed by atoms with Gasteiger partial charge in [-0.3, -0.25) is 24.2 Å². The largest absolute Gasteiger partial charge is 0.381 e. The van der Waals surface area contributed by atoms with E-state index in [-0.39, 0.29) is 30.2 Å². The molecule has 2 aromatic carbocycles. The van der Waals surface area contributed by atoms with Gasteiger partial charge in [0, 0.05) is 24.9 Å². The van der Waals surface area contributed by atoms with E-state index in [9.17, 15) is 19.5 Å². The van der Waals surface area contributed by atoms with E-state index in [1.807, 2.05) is 54.6 Å². The molecule has 0 spiro atoms. The number of nitrogens with one attached hydrogen (secondary N) is 2. The first kappa shape index (κ1) is 21.3. The second-order valence-corrected chi connectivity index (χ2v) is 9.79. The van der Waals surface area contributed by atoms with Crippen molar-refractivity contribution in [3.8, 4) is 0 Å². The number of amides is 3. The molecule has 4 aliphatic rings. The van der Waals surface area contributed by atoms with Crippen molar-refractivity contribution in [3.05, 3.63) is 65.7 Å². The molecule has 5 unspecified atom stereocenters. The van der Waals surface area contributed by atoms with E-state index in [1.54, 1.807) is 4.90 Å². The van der Waals surface area contributed by atoms with Crippen LogP contribution in [0, 0.1) is 0 Å². The molecule has 34 heavy (non-hydrogen) atoms. The number of benzene rings is 2. The first-order valence-corrected chi connectivity index (χ1v) is 12.0. The summed E-state index contributed by atoms with van der Waals surface area (Å²) >= 11 is 0. The summed E-state index contributed by atoms with van der Waals surface area (Å²) in [7, 11) is 0. The zero-order valence-electron chi connectivity index (χ0n) is 18.8. The Balaban J connectivity index is 1.28. The Labute approximate surface area is 197 Å². The summed E-state index contributed by atoms with van der Waals surface area (Å²) in [5.41, 5.74) is 0.811. The lowest BCUT2D eigenvalue weighted by Crippen LogP contribution is -2.64. The van der Waals surface area contributed by atoms with Gasteiger partial charge in [-0.05, 0) is 24.5 Å². The molecule has 4 heterocycles. The van der Waals surface area contributed by atoms with Gasteiger partial charge in [-0.2, -0.15) is 0 Å². The number of nitrogens with zero attached hydrogens (tertiary/aromatic N) is 2. The summed E-state index contributed by atoms with van der Waals surface area (Å²) < 4.78 is 0. The lowest BCUT2D eigenvalue weighted by atomic mass is 9.84. The van der Waals surface area contributed by atoms with Crippen molar-refractivity contribution in [2.45, 2.75) is 62.0 Å². The highest BCUT2D eigenvalue weighted by molar-refractivity contribution is 6.03. The predicted octanol–water partition coefficient (Wildman–Crippen LogP) is 1.03. The van der Waals surface area contributed by atoms with Crippen LogP contribution in [0.1, 0.15) is 36.8 Å². The molecule has 2 aromatic rings. The summed E-state index contributed by atoms with van der Waals surface area (Å²) in [4.78, 5) is 43.1. The molecule has 0 saturated carbocycles. The topological polar surface area (TPSA) is 102 Å². The maximum atomic E-state index is 13.3. The Hall–Kier alpha value is -3.23. The average molecular weight is 461 g/mol. The second kappa shape index (κ2) is 7.92. The molecule has 3 amide bonds. The summed E-state index contributed by atoms with van der Waals surface area (Å²) in [6, 6.07) is 15.1. The molecule has 0 bridgehead atoms. The van der Waals surface area contributed by atoms with Crippen LogP contribution in [0.4, 0.5) is 5.69 Å². The van der Waals surface area contributed by atoms with Crippen molar-refractivity contribution in [3.63, 3.8) is 0 Å². The summed E-state index contributed by atoms with van der Waals surface area (Å²) in [5, 5.41) is 17.9. The Morgan fingerprint density at radius 1 is 0.912 bits per heavy atom. The van der Waals surface area contributed by atoms with Gasteiger partial charge in [-0.15, -0.1) is 0 Å². The maximum Gasteiger partial charge on any atom is 0.245 e. The molecular formula is C26H28N4O4. The third-order valence-corrected chi connectivity index (χ3v) is 7.75. The zero-order chi connectivity index (χ0) is 23.4. The third-order valence-electron chi connectivity index (χ3n) is 7.75. The van der Waals surface area contributed by atoms with Gasteiger partial charge in [0.25, 0.3) is 0 Å². The summed E-state index contributed by atoms with van der Waals surface area (Å²) in [5.74, 6) is -0.573. The first-order chi connectivity index (χ1) is 16.5. The van der Waals surface area contributed by atoms with Crippen LogP contribution in [-0.2, 0) is 26.4 Å². The average Bonchev–Trinajstić information content (AvgIpc) is 3.29. The van der Waals surface area contributed by atoms with E-state index in [2.05, 4.69) is 15.5 Å². The van der Waals surface area contributed by atoms with Crippen molar-refractivity contribution in [1.82, 2.24) is 15.5 Å². The number of hydrogen-bond donors (Lipinski definition) is 3. The number of anilines is 1. The van der Waals surface area contributed by atoms with E-state index in [0.29, 0.717) is 17.7 Å². The molecule has 5 atom stereocenters. The number of aliphatic hydroxyl groups is 1. The van der Waals surface area contributed by atoms with E-state index in [0.717, 1.165) is 31.4 Å². The van der Waals surface area contributed by atoms with Crippen molar-refractivity contribution in [2.75, 3.05) is 11.4 Å². The van der Waals surface area contributed by atoms with Gasteiger partial charge in [0.05, 0.1) is 11.7 Å². The fraction of sp³-hybridized carbons (Fsp3) is 0.423. The van der Waals surface area contributed by atoms with Crippen molar-refractivity contribution in [1.29, 1.82) is 0 Å². The van der Waals surface area contributed by atoms with Crippen LogP contribution in [0.2, 0.25) is 0 Å². The van der Waals surface area contributed by atoms with Gasteiger partial charge in [0.1, 0.15) is 23.9 Å². The number of carbonyl (C=O) groups excluding carboxylic acids is 3. The lowest BCUT2D eigenvalue weighted by Gasteiger charge is -2.41. The summed E-state index contributed by atoms with van der Waals surface area (Å²) in [6.07, 6.45) is 2.54. The van der Waals surface area contributed by atoms with Gasteiger partial charge in [-0.1, -0.05) is 55.0 Å². The van der Waals surface area contributed by atoms with E-state index < -0.39 is 23.9 Å². The minimum Gasteiger partial charge on any atom is -0.381 e. The number of rotatable bonds is 4. The Morgan fingerprint density at radius 3 is 2.44 bits per heavy atom. The van der Waals surface area contributed by atoms with E-state index in [4.69, 9.17) is 0 Å². The van der Waals surface area contributed by atoms with Crippen LogP contribution in [0.25, 0.3) is 0 Å². The van der Waals surface area contributed by atoms with Gasteiger partial charge in [0.2, 0.25) is 17.7 Å². The number of para-hydroxylation sites is 1. The molecule has 3 saturated heterocycles. The van der Waals surface area contributed by atoms with Crippen LogP contribution in [0.15, 0.2) is 54.6 Å². The number of hydrogen-bond acceptors (Lipinski definition) is 5. The van der Waals surface area contributed by atoms with Gasteiger partial charge < -0.3 is 15.7 Å². The lowest BCUT2D eigenvalue weighted by molar-refractivity contribution is -0.139. The molecule has 0 aliphatic carbocycles. The van der Waals surface area contributed by atoms with Crippen LogP contribution in [0.3, 0.4) is 0 Å². The number of carbonyl (C=O) groups is 3. The predicted molar refractivity (Wildman–Crippen MR) is 125 cm³/mol. The highest BCUT2D eigenvalue weighted by Crippen LogP contribution is 2.52. The highest BCUT2D eigenvalue weighted by Gasteiger charge is 2.62. The van der Waals surface area contributed by atoms with Crippen LogP contribution in [-0.4, -0.2) is 58.6 Å². The smallest absolute Gasteiger partial charge is 0.245 e. The fourth-order valence-corrected chi connectivity index (χ4v) is 6.21. The molecule has 3 fully saturated rings. The van der Waals surface area contributed by atoms with Crippen LogP contribution in [0.5, 0.6) is 0 Å². The zero-order valence-corrected chi connectivity index (χ0v) is 18.8. The minimum absolute atomic E-state index is 0.00267. The Bertz CT molecular complexity index is 1150. The normalized spacial score (nSPS) is 32.6. The van der Waals surface area contributed by atoms with Crippen LogP contribution < -0.4 is 15.5 Å². The quantitative estimate of drug-likeness (QED) is 0.633. The monoisotopic (exact) mass is 460 g/mol. The SMILES string of the molecule is O=C1NC(CC2(O)c3ccccc3N3C(=O)C4CCCCN4C32)C(=O)NC1Cc1ccccc1. The molecule has 4 aliphatic heterocycles. The Morgan fingerprint density at radius 2 is 1.62 bits per heavy atom. The molecule has 176 valence electrons. The van der Waals surface area contributed by atoms with Crippen molar-refractivity contribution in [2.24, 2.45) is 0 Å².